The van der Waals surface area contributed by atoms with Crippen LogP contribution in [-0.2, 0) is 21.5 Å². The molecule has 4 N–H and O–H groups in total. The summed E-state index contributed by atoms with van der Waals surface area (Å²) in [6.45, 7) is 0.167. The van der Waals surface area contributed by atoms with E-state index in [-0.39, 0.29) is 18.4 Å². The normalized spacial score (nSPS) is 14.3. The molecule has 0 saturated heterocycles. The van der Waals surface area contributed by atoms with Gasteiger partial charge in [0.15, 0.2) is 0 Å². The quantitative estimate of drug-likeness (QED) is 0.678. The van der Waals surface area contributed by atoms with Gasteiger partial charge < -0.3 is 16.4 Å². The monoisotopic (exact) mass is 385 g/mol. The van der Waals surface area contributed by atoms with Crippen LogP contribution in [0.2, 0.25) is 5.02 Å². The van der Waals surface area contributed by atoms with Gasteiger partial charge in [0.25, 0.3) is 5.91 Å². The molecular weight excluding hydrogens is 366 g/mol. The average molecular weight is 386 g/mol. The van der Waals surface area contributed by atoms with Crippen LogP contribution < -0.4 is 16.4 Å². The minimum absolute atomic E-state index is 0.00639. The SMILES string of the molecule is NC(=O)CNC(=O)c1ccc(CNC(=O)C2(c3ccc(Cl)cc3)CC2)cc1. The number of rotatable bonds is 7. The number of benzene rings is 2. The van der Waals surface area contributed by atoms with Gasteiger partial charge >= 0.3 is 0 Å². The van der Waals surface area contributed by atoms with Crippen LogP contribution in [0.4, 0.5) is 0 Å². The molecule has 3 rings (SSSR count). The Labute approximate surface area is 162 Å². The van der Waals surface area contributed by atoms with Crippen molar-refractivity contribution in [3.8, 4) is 0 Å². The second-order valence-electron chi connectivity index (χ2n) is 6.62. The van der Waals surface area contributed by atoms with E-state index in [9.17, 15) is 14.4 Å². The average Bonchev–Trinajstić information content (AvgIpc) is 3.47. The van der Waals surface area contributed by atoms with Crippen molar-refractivity contribution < 1.29 is 14.4 Å². The highest BCUT2D eigenvalue weighted by molar-refractivity contribution is 6.30. The molecule has 0 heterocycles. The molecule has 3 amide bonds. The van der Waals surface area contributed by atoms with Crippen LogP contribution >= 0.6 is 11.6 Å². The molecule has 2 aromatic rings. The van der Waals surface area contributed by atoms with E-state index in [0.717, 1.165) is 24.0 Å². The third-order valence-corrected chi connectivity index (χ3v) is 4.93. The van der Waals surface area contributed by atoms with E-state index >= 15 is 0 Å². The van der Waals surface area contributed by atoms with Crippen LogP contribution in [0.25, 0.3) is 0 Å². The zero-order chi connectivity index (χ0) is 19.4. The number of primary amides is 1. The lowest BCUT2D eigenvalue weighted by molar-refractivity contribution is -0.123. The minimum atomic E-state index is -0.600. The van der Waals surface area contributed by atoms with Gasteiger partial charge in [0.05, 0.1) is 12.0 Å². The van der Waals surface area contributed by atoms with Crippen molar-refractivity contribution in [2.75, 3.05) is 6.54 Å². The summed E-state index contributed by atoms with van der Waals surface area (Å²) in [6, 6.07) is 14.2. The third-order valence-electron chi connectivity index (χ3n) is 4.67. The summed E-state index contributed by atoms with van der Waals surface area (Å²) in [5, 5.41) is 6.04. The van der Waals surface area contributed by atoms with E-state index in [1.54, 1.807) is 36.4 Å². The summed E-state index contributed by atoms with van der Waals surface area (Å²) >= 11 is 5.92. The Balaban J connectivity index is 1.57. The van der Waals surface area contributed by atoms with Crippen molar-refractivity contribution >= 4 is 29.3 Å². The predicted molar refractivity (Wildman–Crippen MR) is 102 cm³/mol. The van der Waals surface area contributed by atoms with Gasteiger partial charge in [-0.1, -0.05) is 35.9 Å². The third kappa shape index (κ3) is 4.46. The van der Waals surface area contributed by atoms with Crippen LogP contribution in [0.15, 0.2) is 48.5 Å². The van der Waals surface area contributed by atoms with Gasteiger partial charge in [-0.25, -0.2) is 0 Å². The van der Waals surface area contributed by atoms with Gasteiger partial charge in [-0.3, -0.25) is 14.4 Å². The van der Waals surface area contributed by atoms with Gasteiger partial charge in [-0.15, -0.1) is 0 Å². The first-order valence-electron chi connectivity index (χ1n) is 8.60. The number of carbonyl (C=O) groups is 3. The van der Waals surface area contributed by atoms with Crippen LogP contribution in [0, 0.1) is 0 Å². The van der Waals surface area contributed by atoms with Crippen molar-refractivity contribution in [3.63, 3.8) is 0 Å². The molecule has 27 heavy (non-hydrogen) atoms. The first-order valence-corrected chi connectivity index (χ1v) is 8.98. The Hall–Kier alpha value is -2.86. The lowest BCUT2D eigenvalue weighted by atomic mass is 9.95. The fraction of sp³-hybridized carbons (Fsp3) is 0.250. The van der Waals surface area contributed by atoms with Crippen molar-refractivity contribution in [2.24, 2.45) is 5.73 Å². The van der Waals surface area contributed by atoms with Crippen LogP contribution in [0.5, 0.6) is 0 Å². The lowest BCUT2D eigenvalue weighted by Crippen LogP contribution is -2.34. The summed E-state index contributed by atoms with van der Waals surface area (Å²) in [7, 11) is 0. The fourth-order valence-corrected chi connectivity index (χ4v) is 3.06. The summed E-state index contributed by atoms with van der Waals surface area (Å²) < 4.78 is 0. The van der Waals surface area contributed by atoms with Crippen molar-refractivity contribution in [1.29, 1.82) is 0 Å². The Bertz CT molecular complexity index is 859. The Morgan fingerprint density at radius 2 is 1.59 bits per heavy atom. The Morgan fingerprint density at radius 3 is 2.15 bits per heavy atom. The van der Waals surface area contributed by atoms with Crippen molar-refractivity contribution in [3.05, 3.63) is 70.2 Å². The Kier molecular flexibility index (Phi) is 5.46. The number of halogens is 1. The van der Waals surface area contributed by atoms with Gasteiger partial charge in [0.1, 0.15) is 0 Å². The standard InChI is InChI=1S/C20H20ClN3O3/c21-16-7-5-15(6-8-16)20(9-10-20)19(27)24-11-13-1-3-14(4-2-13)18(26)23-12-17(22)25/h1-8H,9-12H2,(H2,22,25)(H,23,26)(H,24,27). The van der Waals surface area contributed by atoms with Gasteiger partial charge in [0, 0.05) is 17.1 Å². The lowest BCUT2D eigenvalue weighted by Gasteiger charge is -2.16. The fourth-order valence-electron chi connectivity index (χ4n) is 2.94. The van der Waals surface area contributed by atoms with Gasteiger partial charge in [0.2, 0.25) is 11.8 Å². The molecule has 1 aliphatic carbocycles. The molecule has 0 atom stereocenters. The zero-order valence-electron chi connectivity index (χ0n) is 14.6. The molecule has 2 aromatic carbocycles. The second-order valence-corrected chi connectivity index (χ2v) is 7.05. The predicted octanol–water partition coefficient (Wildman–Crippen LogP) is 1.90. The maximum Gasteiger partial charge on any atom is 0.251 e. The molecule has 0 spiro atoms. The molecule has 1 fully saturated rings. The van der Waals surface area contributed by atoms with Crippen LogP contribution in [0.1, 0.15) is 34.3 Å². The molecule has 1 aliphatic rings. The van der Waals surface area contributed by atoms with E-state index in [1.807, 2.05) is 12.1 Å². The maximum atomic E-state index is 12.7. The maximum absolute atomic E-state index is 12.7. The minimum Gasteiger partial charge on any atom is -0.368 e. The Morgan fingerprint density at radius 1 is 0.963 bits per heavy atom. The largest absolute Gasteiger partial charge is 0.368 e. The smallest absolute Gasteiger partial charge is 0.251 e. The van der Waals surface area contributed by atoms with Crippen molar-refractivity contribution in [2.45, 2.75) is 24.8 Å². The molecule has 140 valence electrons. The first kappa shape index (κ1) is 18.9. The molecule has 0 aromatic heterocycles. The van der Waals surface area contributed by atoms with Gasteiger partial charge in [-0.05, 0) is 48.2 Å². The number of nitrogens with one attached hydrogen (secondary N) is 2. The number of hydrogen-bond donors (Lipinski definition) is 3. The molecule has 0 radical (unpaired) electrons. The van der Waals surface area contributed by atoms with Crippen LogP contribution in [0.3, 0.4) is 0 Å². The van der Waals surface area contributed by atoms with Crippen LogP contribution in [-0.4, -0.2) is 24.3 Å². The van der Waals surface area contributed by atoms with E-state index in [0.29, 0.717) is 17.1 Å². The summed E-state index contributed by atoms with van der Waals surface area (Å²) in [5.41, 5.74) is 6.82. The summed E-state index contributed by atoms with van der Waals surface area (Å²) in [5.74, 6) is -0.977. The van der Waals surface area contributed by atoms with Crippen molar-refractivity contribution in [1.82, 2.24) is 10.6 Å². The molecule has 1 saturated carbocycles. The number of nitrogens with two attached hydrogens (primary N) is 1. The van der Waals surface area contributed by atoms with E-state index < -0.39 is 11.3 Å². The molecular formula is C20H20ClN3O3. The van der Waals surface area contributed by atoms with E-state index in [2.05, 4.69) is 10.6 Å². The van der Waals surface area contributed by atoms with E-state index in [1.165, 1.54) is 0 Å². The zero-order valence-corrected chi connectivity index (χ0v) is 15.4. The number of carbonyl (C=O) groups excluding carboxylic acids is 3. The highest BCUT2D eigenvalue weighted by Crippen LogP contribution is 2.48. The molecule has 7 heteroatoms. The molecule has 6 nitrogen and oxygen atoms in total. The van der Waals surface area contributed by atoms with E-state index in [4.69, 9.17) is 17.3 Å². The topological polar surface area (TPSA) is 101 Å². The van der Waals surface area contributed by atoms with Gasteiger partial charge in [-0.2, -0.15) is 0 Å². The highest BCUT2D eigenvalue weighted by atomic mass is 35.5. The molecule has 0 aliphatic heterocycles. The number of hydrogen-bond acceptors (Lipinski definition) is 3. The summed E-state index contributed by atoms with van der Waals surface area (Å²) in [4.78, 5) is 35.2. The highest BCUT2D eigenvalue weighted by Gasteiger charge is 2.50. The summed E-state index contributed by atoms with van der Waals surface area (Å²) in [6.07, 6.45) is 1.64. The molecule has 0 unspecified atom stereocenters. The second kappa shape index (κ2) is 7.80. The first-order chi connectivity index (χ1) is 12.9. The molecule has 0 bridgehead atoms. The number of amides is 3.